The molecule has 1 unspecified atom stereocenters. The van der Waals surface area contributed by atoms with Crippen LogP contribution < -0.4 is 0 Å². The molecule has 2 aliphatic rings. The summed E-state index contributed by atoms with van der Waals surface area (Å²) in [5.41, 5.74) is 0. The lowest BCUT2D eigenvalue weighted by Crippen LogP contribution is -2.41. The van der Waals surface area contributed by atoms with Crippen molar-refractivity contribution in [1.29, 1.82) is 0 Å². The average Bonchev–Trinajstić information content (AvgIpc) is 2.77. The van der Waals surface area contributed by atoms with E-state index in [2.05, 4.69) is 0 Å². The quantitative estimate of drug-likeness (QED) is 0.697. The molecule has 0 aromatic carbocycles. The Morgan fingerprint density at radius 2 is 1.85 bits per heavy atom. The fourth-order valence-electron chi connectivity index (χ4n) is 2.94. The maximum atomic E-state index is 12.1. The number of rotatable bonds is 3. The summed E-state index contributed by atoms with van der Waals surface area (Å²) in [7, 11) is -1.55. The number of carbonyl (C=O) groups excluding carboxylic acids is 2. The Morgan fingerprint density at radius 1 is 1.20 bits per heavy atom. The molecule has 20 heavy (non-hydrogen) atoms. The molecule has 0 saturated carbocycles. The van der Waals surface area contributed by atoms with Crippen LogP contribution in [0.4, 0.5) is 0 Å². The molecule has 114 valence electrons. The summed E-state index contributed by atoms with van der Waals surface area (Å²) >= 11 is 0. The summed E-state index contributed by atoms with van der Waals surface area (Å²) in [6.45, 7) is 1.11. The van der Waals surface area contributed by atoms with Crippen LogP contribution in [-0.4, -0.2) is 56.9 Å². The first-order valence-corrected chi connectivity index (χ1v) is 8.79. The lowest BCUT2D eigenvalue weighted by atomic mass is 9.96. The van der Waals surface area contributed by atoms with Crippen molar-refractivity contribution in [2.45, 2.75) is 25.7 Å². The lowest BCUT2D eigenvalue weighted by Gasteiger charge is -2.31. The second-order valence-electron chi connectivity index (χ2n) is 5.65. The maximum Gasteiger partial charge on any atom is 0.308 e. The van der Waals surface area contributed by atoms with Crippen LogP contribution in [0.25, 0.3) is 0 Å². The molecule has 0 spiro atoms. The van der Waals surface area contributed by atoms with Gasteiger partial charge in [0, 0.05) is 19.5 Å². The molecule has 2 saturated heterocycles. The summed E-state index contributed by atoms with van der Waals surface area (Å²) in [5, 5.41) is 0. The summed E-state index contributed by atoms with van der Waals surface area (Å²) in [4.78, 5) is 25.3. The van der Waals surface area contributed by atoms with E-state index in [9.17, 15) is 18.0 Å². The highest BCUT2D eigenvalue weighted by Gasteiger charge is 2.32. The molecule has 2 rings (SSSR count). The number of hydrogen-bond acceptors (Lipinski definition) is 5. The van der Waals surface area contributed by atoms with Gasteiger partial charge in [-0.25, -0.2) is 8.42 Å². The van der Waals surface area contributed by atoms with Crippen molar-refractivity contribution in [3.05, 3.63) is 0 Å². The van der Waals surface area contributed by atoms with Crippen molar-refractivity contribution in [2.24, 2.45) is 11.8 Å². The number of ether oxygens (including phenoxy) is 1. The van der Waals surface area contributed by atoms with E-state index in [1.165, 1.54) is 7.11 Å². The second kappa shape index (κ2) is 6.11. The van der Waals surface area contributed by atoms with Crippen LogP contribution in [0, 0.1) is 11.8 Å². The summed E-state index contributed by atoms with van der Waals surface area (Å²) in [5.74, 6) is -0.0108. The number of carbonyl (C=O) groups is 2. The molecular formula is C13H21NO5S. The van der Waals surface area contributed by atoms with Gasteiger partial charge < -0.3 is 9.64 Å². The number of likely N-dealkylation sites (tertiary alicyclic amines) is 1. The van der Waals surface area contributed by atoms with E-state index < -0.39 is 9.84 Å². The standard InChI is InChI=1S/C13H21NO5S/c1-19-13(16)11-2-5-14(6-3-11)12(15)8-10-4-7-20(17,18)9-10/h10-11H,2-9H2,1H3. The zero-order valence-electron chi connectivity index (χ0n) is 11.7. The number of esters is 1. The summed E-state index contributed by atoms with van der Waals surface area (Å²) in [6.07, 6.45) is 2.15. The first-order chi connectivity index (χ1) is 9.41. The molecule has 0 aromatic rings. The predicted octanol–water partition coefficient (Wildman–Crippen LogP) is 0.223. The van der Waals surface area contributed by atoms with Crippen LogP contribution in [0.1, 0.15) is 25.7 Å². The Hall–Kier alpha value is -1.11. The van der Waals surface area contributed by atoms with E-state index in [0.29, 0.717) is 38.8 Å². The topological polar surface area (TPSA) is 80.8 Å². The number of sulfone groups is 1. The minimum Gasteiger partial charge on any atom is -0.469 e. The minimum absolute atomic E-state index is 0.00964. The van der Waals surface area contributed by atoms with Crippen LogP contribution in [0.3, 0.4) is 0 Å². The molecule has 0 bridgehead atoms. The zero-order valence-corrected chi connectivity index (χ0v) is 12.5. The molecule has 0 aliphatic carbocycles. The largest absolute Gasteiger partial charge is 0.469 e. The van der Waals surface area contributed by atoms with E-state index in [4.69, 9.17) is 4.74 Å². The van der Waals surface area contributed by atoms with Crippen LogP contribution >= 0.6 is 0 Å². The van der Waals surface area contributed by atoms with E-state index in [1.54, 1.807) is 4.90 Å². The van der Waals surface area contributed by atoms with Gasteiger partial charge in [0.1, 0.15) is 0 Å². The Kier molecular flexibility index (Phi) is 4.67. The third-order valence-corrected chi connectivity index (χ3v) is 6.01. The van der Waals surface area contributed by atoms with Gasteiger partial charge in [-0.2, -0.15) is 0 Å². The van der Waals surface area contributed by atoms with E-state index >= 15 is 0 Å². The van der Waals surface area contributed by atoms with E-state index in [0.717, 1.165) is 0 Å². The number of nitrogens with zero attached hydrogens (tertiary/aromatic N) is 1. The average molecular weight is 303 g/mol. The maximum absolute atomic E-state index is 12.1. The van der Waals surface area contributed by atoms with Gasteiger partial charge in [-0.1, -0.05) is 0 Å². The molecule has 7 heteroatoms. The normalized spacial score (nSPS) is 26.4. The van der Waals surface area contributed by atoms with Crippen molar-refractivity contribution in [2.75, 3.05) is 31.7 Å². The van der Waals surface area contributed by atoms with Crippen LogP contribution in [0.2, 0.25) is 0 Å². The first-order valence-electron chi connectivity index (χ1n) is 6.97. The molecule has 1 amide bonds. The number of piperidine rings is 1. The molecular weight excluding hydrogens is 282 g/mol. The van der Waals surface area contributed by atoms with E-state index in [1.807, 2.05) is 0 Å². The molecule has 2 aliphatic heterocycles. The highest BCUT2D eigenvalue weighted by Crippen LogP contribution is 2.24. The highest BCUT2D eigenvalue weighted by atomic mass is 32.2. The molecule has 0 radical (unpaired) electrons. The van der Waals surface area contributed by atoms with Crippen LogP contribution in [-0.2, 0) is 24.2 Å². The Labute approximate surface area is 119 Å². The third-order valence-electron chi connectivity index (χ3n) is 4.17. The van der Waals surface area contributed by atoms with Gasteiger partial charge in [0.15, 0.2) is 9.84 Å². The molecule has 2 fully saturated rings. The lowest BCUT2D eigenvalue weighted by molar-refractivity contribution is -0.149. The van der Waals surface area contributed by atoms with Crippen molar-refractivity contribution < 1.29 is 22.7 Å². The molecule has 1 atom stereocenters. The predicted molar refractivity (Wildman–Crippen MR) is 72.7 cm³/mol. The minimum atomic E-state index is -2.93. The van der Waals surface area contributed by atoms with Gasteiger partial charge in [-0.05, 0) is 25.2 Å². The molecule has 0 aromatic heterocycles. The Morgan fingerprint density at radius 3 is 2.35 bits per heavy atom. The van der Waals surface area contributed by atoms with Gasteiger partial charge in [-0.15, -0.1) is 0 Å². The van der Waals surface area contributed by atoms with Gasteiger partial charge in [-0.3, -0.25) is 9.59 Å². The number of amides is 1. The third kappa shape index (κ3) is 3.71. The Balaban J connectivity index is 1.79. The summed E-state index contributed by atoms with van der Waals surface area (Å²) < 4.78 is 27.5. The van der Waals surface area contributed by atoms with Crippen molar-refractivity contribution in [3.8, 4) is 0 Å². The van der Waals surface area contributed by atoms with Gasteiger partial charge in [0.25, 0.3) is 0 Å². The second-order valence-corrected chi connectivity index (χ2v) is 7.88. The fraction of sp³-hybridized carbons (Fsp3) is 0.846. The number of methoxy groups -OCH3 is 1. The fourth-order valence-corrected chi connectivity index (χ4v) is 4.80. The molecule has 2 heterocycles. The van der Waals surface area contributed by atoms with Crippen molar-refractivity contribution >= 4 is 21.7 Å². The van der Waals surface area contributed by atoms with Gasteiger partial charge >= 0.3 is 5.97 Å². The van der Waals surface area contributed by atoms with Crippen molar-refractivity contribution in [3.63, 3.8) is 0 Å². The highest BCUT2D eigenvalue weighted by molar-refractivity contribution is 7.91. The first kappa shape index (κ1) is 15.3. The smallest absolute Gasteiger partial charge is 0.308 e. The molecule has 0 N–H and O–H groups in total. The molecule has 6 nitrogen and oxygen atoms in total. The monoisotopic (exact) mass is 303 g/mol. The van der Waals surface area contributed by atoms with Crippen molar-refractivity contribution in [1.82, 2.24) is 4.90 Å². The Bertz CT molecular complexity index is 479. The van der Waals surface area contributed by atoms with Gasteiger partial charge in [0.2, 0.25) is 5.91 Å². The van der Waals surface area contributed by atoms with Gasteiger partial charge in [0.05, 0.1) is 24.5 Å². The SMILES string of the molecule is COC(=O)C1CCN(C(=O)CC2CCS(=O)(=O)C2)CC1. The van der Waals surface area contributed by atoms with Crippen LogP contribution in [0.15, 0.2) is 0 Å². The summed E-state index contributed by atoms with van der Waals surface area (Å²) in [6, 6.07) is 0. The number of hydrogen-bond donors (Lipinski definition) is 0. The van der Waals surface area contributed by atoms with Crippen LogP contribution in [0.5, 0.6) is 0 Å². The zero-order chi connectivity index (χ0) is 14.8. The van der Waals surface area contributed by atoms with E-state index in [-0.39, 0.29) is 35.2 Å².